The Bertz CT molecular complexity index is 193. The van der Waals surface area contributed by atoms with Gasteiger partial charge in [0.05, 0.1) is 6.61 Å². The van der Waals surface area contributed by atoms with Crippen molar-refractivity contribution in [3.05, 3.63) is 0 Å². The molecule has 0 aromatic carbocycles. The molecule has 88 valence electrons. The van der Waals surface area contributed by atoms with Crippen LogP contribution in [0, 0.1) is 0 Å². The number of methoxy groups -OCH3 is 1. The topological polar surface area (TPSA) is 33.3 Å². The summed E-state index contributed by atoms with van der Waals surface area (Å²) in [5, 5.41) is 7.37. The normalized spacial score (nSPS) is 19.6. The highest BCUT2D eigenvalue weighted by Crippen LogP contribution is 2.17. The van der Waals surface area contributed by atoms with Crippen molar-refractivity contribution in [2.75, 3.05) is 13.7 Å². The minimum atomic E-state index is 0.276. The highest BCUT2D eigenvalue weighted by atomic mass is 32.1. The van der Waals surface area contributed by atoms with Crippen molar-refractivity contribution in [1.82, 2.24) is 10.6 Å². The van der Waals surface area contributed by atoms with Crippen LogP contribution < -0.4 is 10.6 Å². The summed E-state index contributed by atoms with van der Waals surface area (Å²) in [5.41, 5.74) is 0. The maximum Gasteiger partial charge on any atom is 0.166 e. The fourth-order valence-electron chi connectivity index (χ4n) is 1.99. The molecule has 1 rings (SSSR count). The Morgan fingerprint density at radius 3 is 2.67 bits per heavy atom. The minimum absolute atomic E-state index is 0.276. The van der Waals surface area contributed by atoms with Crippen molar-refractivity contribution in [2.24, 2.45) is 0 Å². The summed E-state index contributed by atoms with van der Waals surface area (Å²) in [7, 11) is 1.70. The maximum atomic E-state index is 5.25. The Morgan fingerprint density at radius 1 is 1.40 bits per heavy atom. The van der Waals surface area contributed by atoms with Crippen LogP contribution in [0.2, 0.25) is 0 Å². The van der Waals surface area contributed by atoms with Gasteiger partial charge in [0.2, 0.25) is 0 Å². The molecule has 0 bridgehead atoms. The summed E-state index contributed by atoms with van der Waals surface area (Å²) in [4.78, 5) is 0. The SMILES string of the molecule is COCC(C)NC(=S)NC1CCCCC1. The number of thiocarbonyl (C=S) groups is 1. The van der Waals surface area contributed by atoms with Crippen LogP contribution in [0.15, 0.2) is 0 Å². The van der Waals surface area contributed by atoms with E-state index >= 15 is 0 Å². The van der Waals surface area contributed by atoms with Gasteiger partial charge in [-0.05, 0) is 32.0 Å². The van der Waals surface area contributed by atoms with Gasteiger partial charge >= 0.3 is 0 Å². The smallest absolute Gasteiger partial charge is 0.166 e. The van der Waals surface area contributed by atoms with Gasteiger partial charge in [-0.2, -0.15) is 0 Å². The first-order valence-corrected chi connectivity index (χ1v) is 6.19. The van der Waals surface area contributed by atoms with Crippen LogP contribution in [0.4, 0.5) is 0 Å². The van der Waals surface area contributed by atoms with Gasteiger partial charge in [-0.1, -0.05) is 19.3 Å². The van der Waals surface area contributed by atoms with Gasteiger partial charge in [-0.15, -0.1) is 0 Å². The van der Waals surface area contributed by atoms with E-state index in [-0.39, 0.29) is 6.04 Å². The highest BCUT2D eigenvalue weighted by Gasteiger charge is 2.14. The van der Waals surface area contributed by atoms with Crippen molar-refractivity contribution in [2.45, 2.75) is 51.1 Å². The predicted molar refractivity (Wildman–Crippen MR) is 67.1 cm³/mol. The molecule has 0 radical (unpaired) electrons. The third-order valence-corrected chi connectivity index (χ3v) is 2.97. The molecule has 1 aliphatic rings. The van der Waals surface area contributed by atoms with E-state index in [2.05, 4.69) is 17.6 Å². The number of ether oxygens (including phenoxy) is 1. The summed E-state index contributed by atoms with van der Waals surface area (Å²) in [5.74, 6) is 0. The molecule has 0 aromatic heterocycles. The molecule has 0 spiro atoms. The molecule has 1 aliphatic carbocycles. The van der Waals surface area contributed by atoms with Crippen LogP contribution in [-0.4, -0.2) is 30.9 Å². The maximum absolute atomic E-state index is 5.25. The van der Waals surface area contributed by atoms with Crippen LogP contribution in [-0.2, 0) is 4.74 Å². The molecule has 3 nitrogen and oxygen atoms in total. The molecule has 4 heteroatoms. The van der Waals surface area contributed by atoms with Crippen molar-refractivity contribution in [3.8, 4) is 0 Å². The number of hydrogen-bond donors (Lipinski definition) is 2. The van der Waals surface area contributed by atoms with Gasteiger partial charge in [0.25, 0.3) is 0 Å². The van der Waals surface area contributed by atoms with Crippen molar-refractivity contribution in [3.63, 3.8) is 0 Å². The Hall–Kier alpha value is -0.350. The molecule has 1 atom stereocenters. The average molecular weight is 230 g/mol. The third-order valence-electron chi connectivity index (χ3n) is 2.73. The zero-order valence-corrected chi connectivity index (χ0v) is 10.5. The molecule has 1 saturated carbocycles. The molecule has 1 fully saturated rings. The van der Waals surface area contributed by atoms with Crippen molar-refractivity contribution in [1.29, 1.82) is 0 Å². The Labute approximate surface area is 98.0 Å². The third kappa shape index (κ3) is 5.33. The summed E-state index contributed by atoms with van der Waals surface area (Å²) in [6.07, 6.45) is 6.53. The van der Waals surface area contributed by atoms with Crippen LogP contribution in [0.25, 0.3) is 0 Å². The monoisotopic (exact) mass is 230 g/mol. The molecule has 15 heavy (non-hydrogen) atoms. The zero-order chi connectivity index (χ0) is 11.1. The van der Waals surface area contributed by atoms with E-state index in [0.29, 0.717) is 12.6 Å². The van der Waals surface area contributed by atoms with Crippen LogP contribution in [0.1, 0.15) is 39.0 Å². The second-order valence-corrected chi connectivity index (χ2v) is 4.72. The van der Waals surface area contributed by atoms with E-state index in [4.69, 9.17) is 17.0 Å². The van der Waals surface area contributed by atoms with Gasteiger partial charge in [0.1, 0.15) is 0 Å². The number of nitrogens with one attached hydrogen (secondary N) is 2. The zero-order valence-electron chi connectivity index (χ0n) is 9.71. The summed E-state index contributed by atoms with van der Waals surface area (Å²) in [6.45, 7) is 2.75. The molecular formula is C11H22N2OS. The summed E-state index contributed by atoms with van der Waals surface area (Å²) in [6, 6.07) is 0.854. The molecule has 0 heterocycles. The average Bonchev–Trinajstić information content (AvgIpc) is 2.19. The first-order chi connectivity index (χ1) is 7.22. The van der Waals surface area contributed by atoms with E-state index in [9.17, 15) is 0 Å². The summed E-state index contributed by atoms with van der Waals surface area (Å²) >= 11 is 5.25. The van der Waals surface area contributed by atoms with Crippen molar-refractivity contribution < 1.29 is 4.74 Å². The first-order valence-electron chi connectivity index (χ1n) is 5.78. The van der Waals surface area contributed by atoms with Gasteiger partial charge in [-0.25, -0.2) is 0 Å². The fraction of sp³-hybridized carbons (Fsp3) is 0.909. The minimum Gasteiger partial charge on any atom is -0.383 e. The standard InChI is InChI=1S/C11H22N2OS/c1-9(8-14-2)12-11(15)13-10-6-4-3-5-7-10/h9-10H,3-8H2,1-2H3,(H2,12,13,15). The second-order valence-electron chi connectivity index (χ2n) is 4.31. The largest absolute Gasteiger partial charge is 0.383 e. The quantitative estimate of drug-likeness (QED) is 0.722. The lowest BCUT2D eigenvalue weighted by molar-refractivity contribution is 0.179. The van der Waals surface area contributed by atoms with Gasteiger partial charge < -0.3 is 15.4 Å². The van der Waals surface area contributed by atoms with E-state index < -0.39 is 0 Å². The molecular weight excluding hydrogens is 208 g/mol. The lowest BCUT2D eigenvalue weighted by Crippen LogP contribution is -2.46. The number of hydrogen-bond acceptors (Lipinski definition) is 2. The van der Waals surface area contributed by atoms with Gasteiger partial charge in [-0.3, -0.25) is 0 Å². The summed E-state index contributed by atoms with van der Waals surface area (Å²) < 4.78 is 5.04. The van der Waals surface area contributed by atoms with Gasteiger partial charge in [0, 0.05) is 19.2 Å². The highest BCUT2D eigenvalue weighted by molar-refractivity contribution is 7.80. The molecule has 0 saturated heterocycles. The molecule has 2 N–H and O–H groups in total. The molecule has 0 aromatic rings. The Balaban J connectivity index is 2.16. The van der Waals surface area contributed by atoms with Crippen LogP contribution >= 0.6 is 12.2 Å². The predicted octanol–water partition coefficient (Wildman–Crippen LogP) is 1.82. The Kier molecular flexibility index (Phi) is 5.95. The lowest BCUT2D eigenvalue weighted by Gasteiger charge is -2.25. The van der Waals surface area contributed by atoms with Crippen LogP contribution in [0.5, 0.6) is 0 Å². The molecule has 0 aliphatic heterocycles. The van der Waals surface area contributed by atoms with E-state index in [1.807, 2.05) is 0 Å². The lowest BCUT2D eigenvalue weighted by atomic mass is 9.96. The first kappa shape index (κ1) is 12.7. The Morgan fingerprint density at radius 2 is 2.07 bits per heavy atom. The molecule has 0 amide bonds. The second kappa shape index (κ2) is 7.01. The van der Waals surface area contributed by atoms with E-state index in [1.54, 1.807) is 7.11 Å². The van der Waals surface area contributed by atoms with Crippen LogP contribution in [0.3, 0.4) is 0 Å². The fourth-order valence-corrected chi connectivity index (χ4v) is 2.36. The van der Waals surface area contributed by atoms with E-state index in [1.165, 1.54) is 32.1 Å². The van der Waals surface area contributed by atoms with Gasteiger partial charge in [0.15, 0.2) is 5.11 Å². The van der Waals surface area contributed by atoms with Crippen molar-refractivity contribution >= 4 is 17.3 Å². The molecule has 1 unspecified atom stereocenters. The number of rotatable bonds is 4. The van der Waals surface area contributed by atoms with E-state index in [0.717, 1.165) is 5.11 Å².